The van der Waals surface area contributed by atoms with E-state index in [2.05, 4.69) is 10.1 Å². The molecule has 0 fully saturated rings. The lowest BCUT2D eigenvalue weighted by molar-refractivity contribution is 0.414. The van der Waals surface area contributed by atoms with Crippen LogP contribution in [0.1, 0.15) is 5.56 Å². The van der Waals surface area contributed by atoms with E-state index in [1.165, 1.54) is 6.33 Å². The summed E-state index contributed by atoms with van der Waals surface area (Å²) in [5, 5.41) is 4.00. The molecule has 5 nitrogen and oxygen atoms in total. The third kappa shape index (κ3) is 2.07. The molecule has 0 radical (unpaired) electrons. The Morgan fingerprint density at radius 2 is 2.07 bits per heavy atom. The predicted molar refractivity (Wildman–Crippen MR) is 56.5 cm³/mol. The van der Waals surface area contributed by atoms with Crippen molar-refractivity contribution in [1.82, 2.24) is 14.8 Å². The molecule has 2 rings (SSSR count). The molecule has 1 aromatic carbocycles. The van der Waals surface area contributed by atoms with Crippen molar-refractivity contribution in [2.45, 2.75) is 6.54 Å². The van der Waals surface area contributed by atoms with E-state index in [4.69, 9.17) is 10.5 Å². The minimum atomic E-state index is 0.422. The van der Waals surface area contributed by atoms with Gasteiger partial charge in [-0.25, -0.2) is 9.67 Å². The van der Waals surface area contributed by atoms with Gasteiger partial charge >= 0.3 is 0 Å². The number of hydrogen-bond donors (Lipinski definition) is 1. The second-order valence-electron chi connectivity index (χ2n) is 3.12. The Hall–Kier alpha value is -2.04. The van der Waals surface area contributed by atoms with Crippen molar-refractivity contribution in [3.63, 3.8) is 0 Å². The van der Waals surface area contributed by atoms with Gasteiger partial charge < -0.3 is 10.5 Å². The number of nitrogens with zero attached hydrogens (tertiary/aromatic N) is 3. The fourth-order valence-corrected chi connectivity index (χ4v) is 1.30. The van der Waals surface area contributed by atoms with Gasteiger partial charge in [-0.15, -0.1) is 0 Å². The van der Waals surface area contributed by atoms with Gasteiger partial charge in [-0.1, -0.05) is 12.1 Å². The van der Waals surface area contributed by atoms with E-state index in [0.717, 1.165) is 11.3 Å². The fourth-order valence-electron chi connectivity index (χ4n) is 1.30. The van der Waals surface area contributed by atoms with Crippen LogP contribution in [0.15, 0.2) is 30.6 Å². The van der Waals surface area contributed by atoms with Crippen LogP contribution in [0.25, 0.3) is 0 Å². The van der Waals surface area contributed by atoms with Crippen LogP contribution in [0, 0.1) is 0 Å². The number of anilines is 1. The second kappa shape index (κ2) is 4.00. The number of ether oxygens (including phenoxy) is 1. The first kappa shape index (κ1) is 9.51. The zero-order chi connectivity index (χ0) is 10.7. The number of nitrogens with two attached hydrogens (primary N) is 1. The first-order chi connectivity index (χ1) is 7.29. The van der Waals surface area contributed by atoms with Crippen molar-refractivity contribution in [3.8, 4) is 5.75 Å². The molecular formula is C10H12N4O. The molecule has 0 aliphatic carbocycles. The minimum absolute atomic E-state index is 0.422. The van der Waals surface area contributed by atoms with Gasteiger partial charge in [0.1, 0.15) is 12.1 Å². The molecule has 0 bridgehead atoms. The largest absolute Gasteiger partial charge is 0.497 e. The second-order valence-corrected chi connectivity index (χ2v) is 3.12. The molecule has 0 unspecified atom stereocenters. The molecule has 1 aromatic heterocycles. The predicted octanol–water partition coefficient (Wildman–Crippen LogP) is 0.917. The molecule has 1 heterocycles. The van der Waals surface area contributed by atoms with Gasteiger partial charge in [-0.2, -0.15) is 5.10 Å². The number of methoxy groups -OCH3 is 1. The van der Waals surface area contributed by atoms with Gasteiger partial charge in [0.05, 0.1) is 13.7 Å². The van der Waals surface area contributed by atoms with E-state index in [-0.39, 0.29) is 0 Å². The molecule has 0 spiro atoms. The van der Waals surface area contributed by atoms with E-state index in [1.54, 1.807) is 11.8 Å². The number of rotatable bonds is 3. The van der Waals surface area contributed by atoms with Gasteiger partial charge in [0.25, 0.3) is 0 Å². The zero-order valence-electron chi connectivity index (χ0n) is 8.42. The maximum atomic E-state index is 5.61. The average molecular weight is 204 g/mol. The summed E-state index contributed by atoms with van der Waals surface area (Å²) < 4.78 is 6.71. The van der Waals surface area contributed by atoms with E-state index in [0.29, 0.717) is 12.5 Å². The summed E-state index contributed by atoms with van der Waals surface area (Å²) in [6.07, 6.45) is 1.44. The van der Waals surface area contributed by atoms with Crippen LogP contribution >= 0.6 is 0 Å². The number of nitrogen functional groups attached to an aromatic ring is 1. The third-order valence-corrected chi connectivity index (χ3v) is 2.14. The van der Waals surface area contributed by atoms with Gasteiger partial charge in [-0.3, -0.25) is 0 Å². The molecule has 78 valence electrons. The van der Waals surface area contributed by atoms with Crippen LogP contribution in [-0.4, -0.2) is 21.9 Å². The van der Waals surface area contributed by atoms with Crippen LogP contribution in [0.5, 0.6) is 5.75 Å². The molecule has 5 heteroatoms. The van der Waals surface area contributed by atoms with E-state index < -0.39 is 0 Å². The lowest BCUT2D eigenvalue weighted by Crippen LogP contribution is -2.06. The molecule has 15 heavy (non-hydrogen) atoms. The third-order valence-electron chi connectivity index (χ3n) is 2.14. The van der Waals surface area contributed by atoms with Crippen molar-refractivity contribution < 1.29 is 4.74 Å². The maximum Gasteiger partial charge on any atom is 0.218 e. The van der Waals surface area contributed by atoms with Gasteiger partial charge in [0.15, 0.2) is 0 Å². The van der Waals surface area contributed by atoms with E-state index in [1.807, 2.05) is 24.3 Å². The Balaban J connectivity index is 2.14. The summed E-state index contributed by atoms with van der Waals surface area (Å²) in [7, 11) is 1.64. The van der Waals surface area contributed by atoms with E-state index in [9.17, 15) is 0 Å². The van der Waals surface area contributed by atoms with Gasteiger partial charge in [0.2, 0.25) is 5.95 Å². The Morgan fingerprint density at radius 1 is 1.33 bits per heavy atom. The van der Waals surface area contributed by atoms with Crippen molar-refractivity contribution in [3.05, 3.63) is 36.2 Å². The van der Waals surface area contributed by atoms with Crippen LogP contribution in [0.2, 0.25) is 0 Å². The summed E-state index contributed by atoms with van der Waals surface area (Å²) in [5.74, 6) is 1.26. The minimum Gasteiger partial charge on any atom is -0.497 e. The van der Waals surface area contributed by atoms with Crippen molar-refractivity contribution in [2.75, 3.05) is 12.8 Å². The van der Waals surface area contributed by atoms with Crippen molar-refractivity contribution >= 4 is 5.95 Å². The van der Waals surface area contributed by atoms with Crippen LogP contribution in [0.3, 0.4) is 0 Å². The summed E-state index contributed by atoms with van der Waals surface area (Å²) in [6.45, 7) is 0.621. The zero-order valence-corrected chi connectivity index (χ0v) is 8.42. The van der Waals surface area contributed by atoms with Crippen molar-refractivity contribution in [1.29, 1.82) is 0 Å². The molecule has 2 aromatic rings. The van der Waals surface area contributed by atoms with Crippen LogP contribution < -0.4 is 10.5 Å². The van der Waals surface area contributed by atoms with Crippen molar-refractivity contribution in [2.24, 2.45) is 0 Å². The fraction of sp³-hybridized carbons (Fsp3) is 0.200. The molecule has 0 atom stereocenters. The monoisotopic (exact) mass is 204 g/mol. The topological polar surface area (TPSA) is 66.0 Å². The van der Waals surface area contributed by atoms with E-state index >= 15 is 0 Å². The normalized spacial score (nSPS) is 10.2. The molecule has 0 aliphatic heterocycles. The van der Waals surface area contributed by atoms with Gasteiger partial charge in [0, 0.05) is 0 Å². The number of benzene rings is 1. The smallest absolute Gasteiger partial charge is 0.218 e. The van der Waals surface area contributed by atoms with Crippen LogP contribution in [0.4, 0.5) is 5.95 Å². The number of aromatic nitrogens is 3. The summed E-state index contributed by atoms with van der Waals surface area (Å²) in [6, 6.07) is 7.75. The summed E-state index contributed by atoms with van der Waals surface area (Å²) in [5.41, 5.74) is 6.71. The highest BCUT2D eigenvalue weighted by atomic mass is 16.5. The number of hydrogen-bond acceptors (Lipinski definition) is 4. The molecule has 0 saturated heterocycles. The molecule has 0 aliphatic rings. The Labute approximate surface area is 87.5 Å². The Morgan fingerprint density at radius 3 is 2.60 bits per heavy atom. The molecular weight excluding hydrogens is 192 g/mol. The standard InChI is InChI=1S/C10H12N4O/c1-15-9-4-2-8(3-5-9)6-14-10(11)12-7-13-14/h2-5,7H,6H2,1H3,(H2,11,12,13). The summed E-state index contributed by atoms with van der Waals surface area (Å²) in [4.78, 5) is 3.85. The Kier molecular flexibility index (Phi) is 2.53. The summed E-state index contributed by atoms with van der Waals surface area (Å²) >= 11 is 0. The average Bonchev–Trinajstić information content (AvgIpc) is 2.66. The molecule has 2 N–H and O–H groups in total. The quantitative estimate of drug-likeness (QED) is 0.807. The Bertz CT molecular complexity index is 435. The lowest BCUT2D eigenvalue weighted by atomic mass is 10.2. The highest BCUT2D eigenvalue weighted by Gasteiger charge is 2.00. The first-order valence-electron chi connectivity index (χ1n) is 4.56. The highest BCUT2D eigenvalue weighted by Crippen LogP contribution is 2.12. The molecule has 0 amide bonds. The first-order valence-corrected chi connectivity index (χ1v) is 4.56. The lowest BCUT2D eigenvalue weighted by Gasteiger charge is -2.04. The maximum absolute atomic E-state index is 5.61. The van der Waals surface area contributed by atoms with Crippen LogP contribution in [-0.2, 0) is 6.54 Å². The molecule has 0 saturated carbocycles. The van der Waals surface area contributed by atoms with Gasteiger partial charge in [-0.05, 0) is 17.7 Å². The highest BCUT2D eigenvalue weighted by molar-refractivity contribution is 5.28. The SMILES string of the molecule is COc1ccc(Cn2ncnc2N)cc1.